The van der Waals surface area contributed by atoms with Gasteiger partial charge in [0.2, 0.25) is 0 Å². The van der Waals surface area contributed by atoms with Crippen molar-refractivity contribution in [1.29, 1.82) is 0 Å². The highest BCUT2D eigenvalue weighted by atomic mass is 31.2. The molecule has 11 nitrogen and oxygen atoms in total. The normalized spacial score (nSPS) is 14.0. The lowest BCUT2D eigenvalue weighted by atomic mass is 10.1. The molecule has 0 aromatic rings. The van der Waals surface area contributed by atoms with Crippen molar-refractivity contribution in [2.24, 2.45) is 0 Å². The minimum absolute atomic E-state index is 0.127. The Morgan fingerprint density at radius 3 is 1.24 bits per heavy atom. The van der Waals surface area contributed by atoms with E-state index in [2.05, 4.69) is 93.7 Å². The summed E-state index contributed by atoms with van der Waals surface area (Å²) in [5.41, 5.74) is 0. The van der Waals surface area contributed by atoms with Crippen molar-refractivity contribution in [3.05, 3.63) is 72.9 Å². The van der Waals surface area contributed by atoms with Crippen LogP contribution in [0.1, 0.15) is 226 Å². The molecule has 0 fully saturated rings. The largest absolute Gasteiger partial charge is 0.472 e. The van der Waals surface area contributed by atoms with E-state index < -0.39 is 57.8 Å². The molecule has 2 N–H and O–H groups in total. The number of phosphoric ester groups is 1. The average Bonchev–Trinajstić information content (AvgIpc) is 3.32. The minimum Gasteiger partial charge on any atom is -0.462 e. The van der Waals surface area contributed by atoms with Gasteiger partial charge in [-0.15, -0.1) is 0 Å². The van der Waals surface area contributed by atoms with Crippen molar-refractivity contribution in [2.45, 2.75) is 238 Å². The first-order valence-electron chi connectivity index (χ1n) is 26.8. The van der Waals surface area contributed by atoms with E-state index in [1.165, 1.54) is 44.9 Å². The van der Waals surface area contributed by atoms with E-state index in [4.69, 9.17) is 23.3 Å². The predicted molar refractivity (Wildman–Crippen MR) is 279 cm³/mol. The summed E-state index contributed by atoms with van der Waals surface area (Å²) in [5, 5.41) is 9.78. The molecule has 0 heterocycles. The van der Waals surface area contributed by atoms with Gasteiger partial charge in [-0.1, -0.05) is 171 Å². The lowest BCUT2D eigenvalue weighted by Gasteiger charge is -2.21. The van der Waals surface area contributed by atoms with Gasteiger partial charge in [-0.2, -0.15) is 0 Å². The fraction of sp³-hybridized carbons (Fsp3) is 0.732. The number of ether oxygens (including phenoxy) is 3. The van der Waals surface area contributed by atoms with Crippen LogP contribution in [0, 0.1) is 0 Å². The van der Waals surface area contributed by atoms with E-state index in [0.29, 0.717) is 19.3 Å². The molecule has 0 aromatic carbocycles. The quantitative estimate of drug-likeness (QED) is 0.0197. The highest BCUT2D eigenvalue weighted by Gasteiger charge is 2.28. The Labute approximate surface area is 414 Å². The molecule has 0 aromatic heterocycles. The third-order valence-electron chi connectivity index (χ3n) is 11.1. The smallest absolute Gasteiger partial charge is 0.462 e. The van der Waals surface area contributed by atoms with Crippen molar-refractivity contribution >= 4 is 25.7 Å². The van der Waals surface area contributed by atoms with Crippen LogP contribution in [-0.2, 0) is 42.2 Å². The van der Waals surface area contributed by atoms with Crippen LogP contribution in [0.25, 0.3) is 0 Å². The summed E-state index contributed by atoms with van der Waals surface area (Å²) in [6, 6.07) is 0. The van der Waals surface area contributed by atoms with Crippen LogP contribution in [0.5, 0.6) is 0 Å². The third kappa shape index (κ3) is 48.0. The Balaban J connectivity index is 4.79. The maximum atomic E-state index is 12.9. The first kappa shape index (κ1) is 64.9. The van der Waals surface area contributed by atoms with Gasteiger partial charge in [-0.05, 0) is 109 Å². The number of hydrogen-bond acceptors (Lipinski definition) is 10. The first-order chi connectivity index (χ1) is 33.2. The fourth-order valence-electron chi connectivity index (χ4n) is 6.98. The van der Waals surface area contributed by atoms with Crippen molar-refractivity contribution in [3.63, 3.8) is 0 Å². The summed E-state index contributed by atoms with van der Waals surface area (Å²) >= 11 is 0. The standard InChI is InChI=1S/C56H97O11P/c1-4-7-10-13-16-19-22-25-26-29-30-33-36-39-42-45-54(58)63-49-53(67-56(60)47-44-41-38-35-32-28-24-21-18-15-12-9-6-3)51-65-68(61,62)64-50-52(48-57)66-55(59)46-43-40-37-34-31-27-23-20-17-14-11-8-5-2/h9,12,16,18-21,23,25-26,28,32,52-53,57H,4-8,10-11,13-15,17,22,24,27,29-31,33-51H2,1-3H3,(H,61,62)/b12-9-,19-16-,21-18-,23-20-,26-25-,32-28-. The molecule has 0 radical (unpaired) electrons. The van der Waals surface area contributed by atoms with Gasteiger partial charge in [0.25, 0.3) is 0 Å². The second-order valence-electron chi connectivity index (χ2n) is 17.7. The van der Waals surface area contributed by atoms with Gasteiger partial charge in [-0.3, -0.25) is 23.4 Å². The summed E-state index contributed by atoms with van der Waals surface area (Å²) in [4.78, 5) is 48.3. The zero-order valence-electron chi connectivity index (χ0n) is 43.1. The maximum Gasteiger partial charge on any atom is 0.472 e. The third-order valence-corrected chi connectivity index (χ3v) is 12.0. The molecule has 0 amide bonds. The van der Waals surface area contributed by atoms with Crippen LogP contribution in [0.3, 0.4) is 0 Å². The average molecular weight is 977 g/mol. The van der Waals surface area contributed by atoms with Crippen molar-refractivity contribution in [2.75, 3.05) is 26.4 Å². The zero-order valence-corrected chi connectivity index (χ0v) is 43.9. The molecular weight excluding hydrogens is 880 g/mol. The zero-order chi connectivity index (χ0) is 49.9. The van der Waals surface area contributed by atoms with Crippen LogP contribution in [0.15, 0.2) is 72.9 Å². The lowest BCUT2D eigenvalue weighted by Crippen LogP contribution is -2.30. The summed E-state index contributed by atoms with van der Waals surface area (Å²) in [5.74, 6) is -1.53. The molecule has 12 heteroatoms. The molecule has 0 bridgehead atoms. The van der Waals surface area contributed by atoms with Gasteiger partial charge in [0, 0.05) is 19.3 Å². The Kier molecular flexibility index (Phi) is 48.0. The summed E-state index contributed by atoms with van der Waals surface area (Å²) in [6.45, 7) is 4.41. The number of carbonyl (C=O) groups excluding carboxylic acids is 3. The summed E-state index contributed by atoms with van der Waals surface area (Å²) in [7, 11) is -4.76. The van der Waals surface area contributed by atoms with Gasteiger partial charge < -0.3 is 24.2 Å². The Bertz CT molecular complexity index is 1420. The number of unbranched alkanes of at least 4 members (excludes halogenated alkanes) is 20. The number of esters is 3. The minimum atomic E-state index is -4.76. The first-order valence-corrected chi connectivity index (χ1v) is 28.3. The molecule has 0 aliphatic carbocycles. The van der Waals surface area contributed by atoms with Gasteiger partial charge in [-0.25, -0.2) is 4.57 Å². The highest BCUT2D eigenvalue weighted by Crippen LogP contribution is 2.43. The van der Waals surface area contributed by atoms with Crippen molar-refractivity contribution in [3.8, 4) is 0 Å². The van der Waals surface area contributed by atoms with Crippen molar-refractivity contribution < 1.29 is 52.2 Å². The van der Waals surface area contributed by atoms with Gasteiger partial charge in [0.1, 0.15) is 12.7 Å². The van der Waals surface area contributed by atoms with Crippen LogP contribution >= 0.6 is 7.82 Å². The molecule has 68 heavy (non-hydrogen) atoms. The molecule has 0 spiro atoms. The van der Waals surface area contributed by atoms with E-state index in [1.54, 1.807) is 0 Å². The molecule has 0 rings (SSSR count). The lowest BCUT2D eigenvalue weighted by molar-refractivity contribution is -0.161. The molecule has 3 unspecified atom stereocenters. The predicted octanol–water partition coefficient (Wildman–Crippen LogP) is 15.4. The number of allylic oxidation sites excluding steroid dienone is 12. The topological polar surface area (TPSA) is 155 Å². The number of aliphatic hydroxyl groups is 1. The van der Waals surface area contributed by atoms with Gasteiger partial charge in [0.05, 0.1) is 19.8 Å². The van der Waals surface area contributed by atoms with Gasteiger partial charge in [0.15, 0.2) is 6.10 Å². The number of aliphatic hydroxyl groups excluding tert-OH is 1. The van der Waals surface area contributed by atoms with E-state index >= 15 is 0 Å². The van der Waals surface area contributed by atoms with Crippen LogP contribution in [0.2, 0.25) is 0 Å². The number of phosphoric acid groups is 1. The number of hydrogen-bond donors (Lipinski definition) is 2. The Morgan fingerprint density at radius 2 is 0.765 bits per heavy atom. The van der Waals surface area contributed by atoms with Crippen molar-refractivity contribution in [1.82, 2.24) is 0 Å². The van der Waals surface area contributed by atoms with E-state index in [9.17, 15) is 28.9 Å². The van der Waals surface area contributed by atoms with E-state index in [1.807, 2.05) is 0 Å². The SMILES string of the molecule is CC/C=C\C/C=C\C/C=C\CCCCCC(=O)OC(COC(=O)CCCCCCC/C=C\C/C=C\CCCCC)COP(=O)(O)OCC(CO)OC(=O)CCCCCCC/C=C\CCCCCC. The monoisotopic (exact) mass is 977 g/mol. The molecule has 3 atom stereocenters. The second-order valence-corrected chi connectivity index (χ2v) is 19.1. The molecule has 0 aliphatic rings. The van der Waals surface area contributed by atoms with Crippen LogP contribution < -0.4 is 0 Å². The van der Waals surface area contributed by atoms with E-state index in [-0.39, 0.29) is 25.9 Å². The Hall–Kier alpha value is -3.08. The Morgan fingerprint density at radius 1 is 0.426 bits per heavy atom. The molecule has 0 saturated heterocycles. The highest BCUT2D eigenvalue weighted by molar-refractivity contribution is 7.47. The van der Waals surface area contributed by atoms with Crippen LogP contribution in [0.4, 0.5) is 0 Å². The molecular formula is C56H97O11P. The fourth-order valence-corrected chi connectivity index (χ4v) is 7.77. The van der Waals surface area contributed by atoms with Gasteiger partial charge >= 0.3 is 25.7 Å². The summed E-state index contributed by atoms with van der Waals surface area (Å²) < 4.78 is 39.3. The van der Waals surface area contributed by atoms with Crippen LogP contribution in [-0.4, -0.2) is 66.5 Å². The molecule has 0 aliphatic heterocycles. The second kappa shape index (κ2) is 50.3. The maximum absolute atomic E-state index is 12.9. The number of rotatable bonds is 49. The molecule has 0 saturated carbocycles. The van der Waals surface area contributed by atoms with E-state index in [0.717, 1.165) is 122 Å². The number of carbonyl (C=O) groups is 3. The molecule has 392 valence electrons. The summed E-state index contributed by atoms with van der Waals surface area (Å²) in [6.07, 6.45) is 54.4.